The highest BCUT2D eigenvalue weighted by Gasteiger charge is 2.52. The molecule has 0 spiro atoms. The Balaban J connectivity index is 1.52. The number of nitrogens with zero attached hydrogens (tertiary/aromatic N) is 1. The molecule has 0 radical (unpaired) electrons. The summed E-state index contributed by atoms with van der Waals surface area (Å²) in [7, 11) is 1.19. The Morgan fingerprint density at radius 1 is 1.04 bits per heavy atom. The fourth-order valence-corrected chi connectivity index (χ4v) is 3.58. The summed E-state index contributed by atoms with van der Waals surface area (Å²) >= 11 is 0. The van der Waals surface area contributed by atoms with Crippen molar-refractivity contribution < 1.29 is 18.8 Å². The summed E-state index contributed by atoms with van der Waals surface area (Å²) in [5.74, 6) is 0.857. The van der Waals surface area contributed by atoms with E-state index in [1.54, 1.807) is 7.11 Å². The van der Waals surface area contributed by atoms with E-state index in [2.05, 4.69) is 0 Å². The van der Waals surface area contributed by atoms with Gasteiger partial charge in [-0.15, -0.1) is 0 Å². The molecule has 0 saturated carbocycles. The minimum atomic E-state index is -0.460. The van der Waals surface area contributed by atoms with Crippen LogP contribution in [0.1, 0.15) is 49.2 Å². The Morgan fingerprint density at radius 3 is 2.29 bits per heavy atom. The Bertz CT molecular complexity index is 891. The molecular formula is C22H26BNO4. The predicted octanol–water partition coefficient (Wildman–Crippen LogP) is 3.15. The van der Waals surface area contributed by atoms with E-state index in [0.29, 0.717) is 13.1 Å². The van der Waals surface area contributed by atoms with Gasteiger partial charge in [0.25, 0.3) is 5.91 Å². The van der Waals surface area contributed by atoms with Crippen molar-refractivity contribution in [2.75, 3.05) is 7.11 Å². The van der Waals surface area contributed by atoms with Gasteiger partial charge in [0.1, 0.15) is 5.75 Å². The third kappa shape index (κ3) is 3.21. The maximum atomic E-state index is 13.0. The smallest absolute Gasteiger partial charge is 0.494 e. The van der Waals surface area contributed by atoms with Gasteiger partial charge in [-0.2, -0.15) is 0 Å². The van der Waals surface area contributed by atoms with Crippen LogP contribution in [0.2, 0.25) is 0 Å². The fourth-order valence-electron chi connectivity index (χ4n) is 3.58. The van der Waals surface area contributed by atoms with Gasteiger partial charge in [-0.1, -0.05) is 24.3 Å². The molecule has 0 aliphatic carbocycles. The van der Waals surface area contributed by atoms with Gasteiger partial charge in [0.05, 0.1) is 18.3 Å². The molecule has 1 fully saturated rings. The molecule has 6 heteroatoms. The molecule has 2 aliphatic heterocycles. The number of methoxy groups -OCH3 is 1. The zero-order chi connectivity index (χ0) is 20.1. The van der Waals surface area contributed by atoms with Crippen molar-refractivity contribution in [3.8, 4) is 5.75 Å². The van der Waals surface area contributed by atoms with Crippen molar-refractivity contribution in [3.05, 3.63) is 59.2 Å². The van der Waals surface area contributed by atoms with Crippen LogP contribution in [-0.2, 0) is 22.4 Å². The fraction of sp³-hybridized carbons (Fsp3) is 0.409. The highest BCUT2D eigenvalue weighted by atomic mass is 16.7. The highest BCUT2D eigenvalue weighted by molar-refractivity contribution is 6.62. The van der Waals surface area contributed by atoms with Crippen molar-refractivity contribution in [3.63, 3.8) is 0 Å². The molecule has 2 aromatic rings. The monoisotopic (exact) mass is 379 g/mol. The maximum absolute atomic E-state index is 13.0. The number of carbonyl (C=O) groups excluding carboxylic acids is 1. The van der Waals surface area contributed by atoms with Crippen LogP contribution >= 0.6 is 0 Å². The van der Waals surface area contributed by atoms with Crippen molar-refractivity contribution in [2.24, 2.45) is 0 Å². The standard InChI is InChI=1S/C22H26BNO4/c1-21(2)22(3,4)28-23(27-21)17-9-8-16-14-24(20(25)19(16)12-17)13-15-6-10-18(26-5)11-7-15/h6-12H,13-14H2,1-5H3. The molecule has 2 aromatic carbocycles. The first-order valence-electron chi connectivity index (χ1n) is 9.61. The normalized spacial score (nSPS) is 19.8. The molecular weight excluding hydrogens is 353 g/mol. The molecule has 0 bridgehead atoms. The van der Waals surface area contributed by atoms with Gasteiger partial charge < -0.3 is 18.9 Å². The highest BCUT2D eigenvalue weighted by Crippen LogP contribution is 2.36. The molecule has 4 rings (SSSR count). The third-order valence-electron chi connectivity index (χ3n) is 6.07. The van der Waals surface area contributed by atoms with Gasteiger partial charge in [0.15, 0.2) is 0 Å². The second kappa shape index (κ2) is 6.64. The van der Waals surface area contributed by atoms with E-state index >= 15 is 0 Å². The van der Waals surface area contributed by atoms with E-state index in [1.165, 1.54) is 0 Å². The van der Waals surface area contributed by atoms with Crippen molar-refractivity contribution in [1.29, 1.82) is 0 Å². The Morgan fingerprint density at radius 2 is 1.68 bits per heavy atom. The summed E-state index contributed by atoms with van der Waals surface area (Å²) in [6, 6.07) is 13.8. The number of carbonyl (C=O) groups is 1. The number of hydrogen-bond acceptors (Lipinski definition) is 4. The maximum Gasteiger partial charge on any atom is 0.494 e. The topological polar surface area (TPSA) is 48.0 Å². The number of benzene rings is 2. The van der Waals surface area contributed by atoms with Crippen LogP contribution in [0.4, 0.5) is 0 Å². The lowest BCUT2D eigenvalue weighted by molar-refractivity contribution is 0.00578. The van der Waals surface area contributed by atoms with Crippen LogP contribution < -0.4 is 10.2 Å². The van der Waals surface area contributed by atoms with Gasteiger partial charge >= 0.3 is 7.12 Å². The third-order valence-corrected chi connectivity index (χ3v) is 6.07. The van der Waals surface area contributed by atoms with Crippen molar-refractivity contribution in [1.82, 2.24) is 4.90 Å². The lowest BCUT2D eigenvalue weighted by atomic mass is 9.78. The number of rotatable bonds is 4. The first-order chi connectivity index (χ1) is 13.2. The molecule has 0 aromatic heterocycles. The zero-order valence-corrected chi connectivity index (χ0v) is 17.1. The second-order valence-electron chi connectivity index (χ2n) is 8.51. The van der Waals surface area contributed by atoms with E-state index in [4.69, 9.17) is 14.0 Å². The number of hydrogen-bond donors (Lipinski definition) is 0. The minimum absolute atomic E-state index is 0.0455. The lowest BCUT2D eigenvalue weighted by Gasteiger charge is -2.32. The molecule has 1 amide bonds. The van der Waals surface area contributed by atoms with E-state index < -0.39 is 18.3 Å². The number of fused-ring (bicyclic) bond motifs is 1. The van der Waals surface area contributed by atoms with Crippen LogP contribution in [0.25, 0.3) is 0 Å². The van der Waals surface area contributed by atoms with E-state index in [-0.39, 0.29) is 5.91 Å². The van der Waals surface area contributed by atoms with E-state index in [9.17, 15) is 4.79 Å². The van der Waals surface area contributed by atoms with E-state index in [0.717, 1.165) is 27.9 Å². The second-order valence-corrected chi connectivity index (χ2v) is 8.51. The summed E-state index contributed by atoms with van der Waals surface area (Å²) in [6.07, 6.45) is 0. The van der Waals surface area contributed by atoms with Gasteiger partial charge in [-0.25, -0.2) is 0 Å². The molecule has 5 nitrogen and oxygen atoms in total. The predicted molar refractivity (Wildman–Crippen MR) is 109 cm³/mol. The van der Waals surface area contributed by atoms with Crippen molar-refractivity contribution in [2.45, 2.75) is 52.0 Å². The average Bonchev–Trinajstić information content (AvgIpc) is 3.08. The molecule has 2 heterocycles. The molecule has 28 heavy (non-hydrogen) atoms. The van der Waals surface area contributed by atoms with Crippen LogP contribution in [0.5, 0.6) is 5.75 Å². The van der Waals surface area contributed by atoms with Crippen LogP contribution in [-0.4, -0.2) is 36.2 Å². The quantitative estimate of drug-likeness (QED) is 0.766. The Kier molecular flexibility index (Phi) is 4.51. The Hall–Kier alpha value is -2.31. The van der Waals surface area contributed by atoms with E-state index in [1.807, 2.05) is 75.1 Å². The summed E-state index contributed by atoms with van der Waals surface area (Å²) < 4.78 is 17.5. The van der Waals surface area contributed by atoms with Crippen molar-refractivity contribution >= 4 is 18.5 Å². The molecule has 2 aliphatic rings. The van der Waals surface area contributed by atoms with Gasteiger partial charge in [-0.3, -0.25) is 4.79 Å². The zero-order valence-electron chi connectivity index (χ0n) is 17.1. The number of amides is 1. The van der Waals surface area contributed by atoms with Gasteiger partial charge in [0.2, 0.25) is 0 Å². The minimum Gasteiger partial charge on any atom is -0.497 e. The van der Waals surface area contributed by atoms with Gasteiger partial charge in [0, 0.05) is 18.7 Å². The summed E-state index contributed by atoms with van der Waals surface area (Å²) in [5.41, 5.74) is 2.94. The largest absolute Gasteiger partial charge is 0.497 e. The summed E-state index contributed by atoms with van der Waals surface area (Å²) in [5, 5.41) is 0. The average molecular weight is 379 g/mol. The SMILES string of the molecule is COc1ccc(CN2Cc3ccc(B4OC(C)(C)C(C)(C)O4)cc3C2=O)cc1. The van der Waals surface area contributed by atoms with Gasteiger partial charge in [-0.05, 0) is 62.5 Å². The molecule has 0 atom stereocenters. The number of ether oxygens (including phenoxy) is 1. The van der Waals surface area contributed by atoms with Crippen LogP contribution in [0, 0.1) is 0 Å². The molecule has 1 saturated heterocycles. The lowest BCUT2D eigenvalue weighted by Crippen LogP contribution is -2.41. The summed E-state index contributed by atoms with van der Waals surface area (Å²) in [6.45, 7) is 9.31. The Labute approximate surface area is 166 Å². The summed E-state index contributed by atoms with van der Waals surface area (Å²) in [4.78, 5) is 14.8. The molecule has 146 valence electrons. The molecule has 0 unspecified atom stereocenters. The van der Waals surface area contributed by atoms with Crippen LogP contribution in [0.15, 0.2) is 42.5 Å². The first kappa shape index (κ1) is 19.0. The first-order valence-corrected chi connectivity index (χ1v) is 9.61. The van der Waals surface area contributed by atoms with Crippen LogP contribution in [0.3, 0.4) is 0 Å². The molecule has 0 N–H and O–H groups in total.